The first-order valence-electron chi connectivity index (χ1n) is 6.86. The highest BCUT2D eigenvalue weighted by molar-refractivity contribution is 5.26. The van der Waals surface area contributed by atoms with E-state index in [0.717, 1.165) is 19.5 Å². The predicted molar refractivity (Wildman–Crippen MR) is 78.0 cm³/mol. The Kier molecular flexibility index (Phi) is 4.10. The molecule has 0 amide bonds. The van der Waals surface area contributed by atoms with Crippen molar-refractivity contribution in [1.82, 2.24) is 19.7 Å². The second-order valence-electron chi connectivity index (χ2n) is 5.19. The molecule has 4 heteroatoms. The molecule has 0 saturated carbocycles. The third-order valence-corrected chi connectivity index (χ3v) is 3.84. The molecule has 0 atom stereocenters. The molecule has 0 aliphatic rings. The minimum absolute atomic E-state index is 0.879. The molecule has 2 heterocycles. The highest BCUT2D eigenvalue weighted by atomic mass is 15.3. The molecule has 19 heavy (non-hydrogen) atoms. The fourth-order valence-electron chi connectivity index (χ4n) is 2.47. The lowest BCUT2D eigenvalue weighted by Crippen LogP contribution is -2.13. The van der Waals surface area contributed by atoms with Crippen molar-refractivity contribution in [3.8, 4) is 0 Å². The van der Waals surface area contributed by atoms with Crippen LogP contribution in [0.2, 0.25) is 0 Å². The lowest BCUT2D eigenvalue weighted by atomic mass is 10.2. The standard InChI is InChI=1S/C15H24N4/c1-6-15-14(10-18(4)17-15)9-16-8-13-7-11(2)19(5)12(13)3/h7,10,16H,6,8-9H2,1-5H3. The summed E-state index contributed by atoms with van der Waals surface area (Å²) in [6.45, 7) is 8.25. The summed E-state index contributed by atoms with van der Waals surface area (Å²) in [5, 5.41) is 7.98. The van der Waals surface area contributed by atoms with E-state index in [9.17, 15) is 0 Å². The molecule has 0 aromatic carbocycles. The van der Waals surface area contributed by atoms with Crippen LogP contribution in [0.1, 0.15) is 35.1 Å². The van der Waals surface area contributed by atoms with E-state index < -0.39 is 0 Å². The summed E-state index contributed by atoms with van der Waals surface area (Å²) in [7, 11) is 4.10. The zero-order valence-electron chi connectivity index (χ0n) is 12.6. The van der Waals surface area contributed by atoms with E-state index >= 15 is 0 Å². The Hall–Kier alpha value is -1.55. The minimum atomic E-state index is 0.879. The Morgan fingerprint density at radius 3 is 2.42 bits per heavy atom. The van der Waals surface area contributed by atoms with E-state index in [0.29, 0.717) is 0 Å². The first-order chi connectivity index (χ1) is 9.02. The number of aromatic nitrogens is 3. The van der Waals surface area contributed by atoms with Gasteiger partial charge in [0.2, 0.25) is 0 Å². The molecule has 2 aromatic rings. The molecule has 104 valence electrons. The Labute approximate surface area is 115 Å². The first kappa shape index (κ1) is 13.9. The number of hydrogen-bond acceptors (Lipinski definition) is 2. The Morgan fingerprint density at radius 2 is 1.84 bits per heavy atom. The SMILES string of the molecule is CCc1nn(C)cc1CNCc1cc(C)n(C)c1C. The summed E-state index contributed by atoms with van der Waals surface area (Å²) in [5.74, 6) is 0. The van der Waals surface area contributed by atoms with Gasteiger partial charge in [0.05, 0.1) is 5.69 Å². The number of hydrogen-bond donors (Lipinski definition) is 1. The largest absolute Gasteiger partial charge is 0.352 e. The first-order valence-corrected chi connectivity index (χ1v) is 6.86. The number of nitrogens with one attached hydrogen (secondary N) is 1. The van der Waals surface area contributed by atoms with Crippen LogP contribution in [0.4, 0.5) is 0 Å². The van der Waals surface area contributed by atoms with Crippen molar-refractivity contribution >= 4 is 0 Å². The van der Waals surface area contributed by atoms with E-state index in [-0.39, 0.29) is 0 Å². The molecule has 0 bridgehead atoms. The number of rotatable bonds is 5. The molecule has 2 aromatic heterocycles. The van der Waals surface area contributed by atoms with Gasteiger partial charge >= 0.3 is 0 Å². The zero-order valence-corrected chi connectivity index (χ0v) is 12.6. The third-order valence-electron chi connectivity index (χ3n) is 3.84. The van der Waals surface area contributed by atoms with Crippen molar-refractivity contribution < 1.29 is 0 Å². The lowest BCUT2D eigenvalue weighted by molar-refractivity contribution is 0.682. The van der Waals surface area contributed by atoms with E-state index in [1.807, 2.05) is 11.7 Å². The van der Waals surface area contributed by atoms with Gasteiger partial charge in [-0.25, -0.2) is 0 Å². The summed E-state index contributed by atoms with van der Waals surface area (Å²) >= 11 is 0. The Bertz CT molecular complexity index is 563. The molecule has 2 rings (SSSR count). The van der Waals surface area contributed by atoms with Crippen LogP contribution in [-0.2, 0) is 33.6 Å². The van der Waals surface area contributed by atoms with Crippen LogP contribution >= 0.6 is 0 Å². The van der Waals surface area contributed by atoms with Crippen molar-refractivity contribution in [2.75, 3.05) is 0 Å². The summed E-state index contributed by atoms with van der Waals surface area (Å²) < 4.78 is 4.13. The number of aryl methyl sites for hydroxylation is 3. The average Bonchev–Trinajstić information content (AvgIpc) is 2.85. The van der Waals surface area contributed by atoms with Crippen molar-refractivity contribution in [3.63, 3.8) is 0 Å². The van der Waals surface area contributed by atoms with Crippen molar-refractivity contribution in [2.24, 2.45) is 14.1 Å². The Balaban J connectivity index is 1.98. The van der Waals surface area contributed by atoms with Crippen LogP contribution in [-0.4, -0.2) is 14.3 Å². The summed E-state index contributed by atoms with van der Waals surface area (Å²) in [6.07, 6.45) is 3.09. The van der Waals surface area contributed by atoms with Gasteiger partial charge in [-0.3, -0.25) is 4.68 Å². The maximum Gasteiger partial charge on any atom is 0.0666 e. The van der Waals surface area contributed by atoms with Gasteiger partial charge in [0.25, 0.3) is 0 Å². The van der Waals surface area contributed by atoms with Crippen molar-refractivity contribution in [2.45, 2.75) is 40.3 Å². The molecule has 0 fully saturated rings. The maximum absolute atomic E-state index is 4.46. The zero-order chi connectivity index (χ0) is 14.0. The van der Waals surface area contributed by atoms with Gasteiger partial charge in [-0.15, -0.1) is 0 Å². The van der Waals surface area contributed by atoms with Crippen LogP contribution < -0.4 is 5.32 Å². The van der Waals surface area contributed by atoms with Crippen molar-refractivity contribution in [3.05, 3.63) is 40.5 Å². The van der Waals surface area contributed by atoms with Gasteiger partial charge in [0, 0.05) is 50.3 Å². The summed E-state index contributed by atoms with van der Waals surface area (Å²) in [4.78, 5) is 0. The predicted octanol–water partition coefficient (Wildman–Crippen LogP) is 2.23. The molecule has 0 spiro atoms. The molecule has 0 radical (unpaired) electrons. The van der Waals surface area contributed by atoms with Gasteiger partial charge in [0.15, 0.2) is 0 Å². The fraction of sp³-hybridized carbons (Fsp3) is 0.533. The Morgan fingerprint density at radius 1 is 1.16 bits per heavy atom. The van der Waals surface area contributed by atoms with Crippen LogP contribution in [0.25, 0.3) is 0 Å². The van der Waals surface area contributed by atoms with Gasteiger partial charge in [-0.05, 0) is 31.9 Å². The average molecular weight is 260 g/mol. The molecular formula is C15H24N4. The van der Waals surface area contributed by atoms with E-state index in [2.05, 4.69) is 55.1 Å². The molecule has 0 unspecified atom stereocenters. The van der Waals surface area contributed by atoms with Gasteiger partial charge < -0.3 is 9.88 Å². The molecular weight excluding hydrogens is 236 g/mol. The van der Waals surface area contributed by atoms with Crippen LogP contribution in [0, 0.1) is 13.8 Å². The second kappa shape index (κ2) is 5.61. The van der Waals surface area contributed by atoms with Gasteiger partial charge in [-0.1, -0.05) is 6.92 Å². The number of nitrogens with zero attached hydrogens (tertiary/aromatic N) is 3. The van der Waals surface area contributed by atoms with Crippen LogP contribution in [0.15, 0.2) is 12.3 Å². The summed E-state index contributed by atoms with van der Waals surface area (Å²) in [6, 6.07) is 2.26. The molecule has 0 aliphatic carbocycles. The lowest BCUT2D eigenvalue weighted by Gasteiger charge is -2.05. The quantitative estimate of drug-likeness (QED) is 0.894. The molecule has 4 nitrogen and oxygen atoms in total. The van der Waals surface area contributed by atoms with E-state index in [1.54, 1.807) is 0 Å². The van der Waals surface area contributed by atoms with Gasteiger partial charge in [-0.2, -0.15) is 5.10 Å². The topological polar surface area (TPSA) is 34.8 Å². The highest BCUT2D eigenvalue weighted by Gasteiger charge is 2.08. The fourth-order valence-corrected chi connectivity index (χ4v) is 2.47. The van der Waals surface area contributed by atoms with Gasteiger partial charge in [0.1, 0.15) is 0 Å². The maximum atomic E-state index is 4.46. The normalized spacial score (nSPS) is 11.2. The molecule has 0 saturated heterocycles. The van der Waals surface area contributed by atoms with E-state index in [1.165, 1.54) is 28.2 Å². The van der Waals surface area contributed by atoms with Crippen molar-refractivity contribution in [1.29, 1.82) is 0 Å². The molecule has 0 aliphatic heterocycles. The third kappa shape index (κ3) is 2.89. The second-order valence-corrected chi connectivity index (χ2v) is 5.19. The highest BCUT2D eigenvalue weighted by Crippen LogP contribution is 2.13. The minimum Gasteiger partial charge on any atom is -0.352 e. The molecule has 1 N–H and O–H groups in total. The van der Waals surface area contributed by atoms with Crippen LogP contribution in [0.5, 0.6) is 0 Å². The van der Waals surface area contributed by atoms with Crippen LogP contribution in [0.3, 0.4) is 0 Å². The monoisotopic (exact) mass is 260 g/mol. The summed E-state index contributed by atoms with van der Waals surface area (Å²) in [5.41, 5.74) is 6.52. The van der Waals surface area contributed by atoms with E-state index in [4.69, 9.17) is 0 Å². The smallest absolute Gasteiger partial charge is 0.0666 e.